The van der Waals surface area contributed by atoms with Crippen LogP contribution in [0.2, 0.25) is 0 Å². The minimum Gasteiger partial charge on any atom is -0.467 e. The molecule has 0 bridgehead atoms. The predicted molar refractivity (Wildman–Crippen MR) is 128 cm³/mol. The van der Waals surface area contributed by atoms with Gasteiger partial charge in [0.1, 0.15) is 22.6 Å². The number of ether oxygens (including phenoxy) is 1. The van der Waals surface area contributed by atoms with Gasteiger partial charge < -0.3 is 13.7 Å². The topological polar surface area (TPSA) is 74.6 Å². The molecule has 5 rings (SSSR count). The lowest BCUT2D eigenvalue weighted by molar-refractivity contribution is -0.134. The summed E-state index contributed by atoms with van der Waals surface area (Å²) in [6, 6.07) is 11.9. The van der Waals surface area contributed by atoms with Crippen LogP contribution in [0.3, 0.4) is 0 Å². The summed E-state index contributed by atoms with van der Waals surface area (Å²) in [6.07, 6.45) is 8.56. The molecule has 0 unspecified atom stereocenters. The monoisotopic (exact) mass is 444 g/mol. The molecule has 0 N–H and O–H groups in total. The predicted octanol–water partition coefficient (Wildman–Crippen LogP) is 5.92. The van der Waals surface area contributed by atoms with Crippen molar-refractivity contribution in [3.05, 3.63) is 60.4 Å². The number of aromatic nitrogens is 4. The lowest BCUT2D eigenvalue weighted by Gasteiger charge is -2.09. The molecule has 0 atom stereocenters. The third-order valence-electron chi connectivity index (χ3n) is 5.91. The zero-order chi connectivity index (χ0) is 22.8. The second kappa shape index (κ2) is 9.10. The fraction of sp³-hybridized carbons (Fsp3) is 0.346. The van der Waals surface area contributed by atoms with E-state index in [1.165, 1.54) is 0 Å². The normalized spacial score (nSPS) is 11.7. The van der Waals surface area contributed by atoms with Crippen LogP contribution in [-0.2, 0) is 17.8 Å². The van der Waals surface area contributed by atoms with Crippen molar-refractivity contribution in [2.24, 2.45) is 0 Å². The van der Waals surface area contributed by atoms with E-state index in [0.717, 1.165) is 71.4 Å². The number of fused-ring (bicyclic) bond motifs is 5. The molecule has 4 heterocycles. The summed E-state index contributed by atoms with van der Waals surface area (Å²) in [7, 11) is 0. The van der Waals surface area contributed by atoms with Crippen molar-refractivity contribution in [1.29, 1.82) is 0 Å². The second-order valence-electron chi connectivity index (χ2n) is 8.37. The summed E-state index contributed by atoms with van der Waals surface area (Å²) >= 11 is 0. The molecule has 33 heavy (non-hydrogen) atoms. The van der Waals surface area contributed by atoms with Crippen LogP contribution in [0.1, 0.15) is 57.5 Å². The van der Waals surface area contributed by atoms with Crippen LogP contribution in [0.5, 0.6) is 5.75 Å². The second-order valence-corrected chi connectivity index (χ2v) is 8.37. The fourth-order valence-corrected chi connectivity index (χ4v) is 4.24. The van der Waals surface area contributed by atoms with Crippen molar-refractivity contribution >= 4 is 33.7 Å². The number of furan rings is 1. The molecular weight excluding hydrogens is 416 g/mol. The molecule has 4 aromatic heterocycles. The zero-order valence-corrected chi connectivity index (χ0v) is 19.1. The number of carbonyl (C=O) groups excluding carboxylic acids is 1. The standard InChI is InChI=1S/C26H28N4O3/c1-3-5-13-22-28-25-24(26-27-19-11-7-8-12-20(19)30(22)26)21(33-23(31)14-6-4-2)17-29(25)16-18-10-9-15-32-18/h7-12,15,17H,3-6,13-14,16H2,1-2H3. The first-order chi connectivity index (χ1) is 16.2. The van der Waals surface area contributed by atoms with Gasteiger partial charge in [0.05, 0.1) is 23.8 Å². The van der Waals surface area contributed by atoms with Gasteiger partial charge in [0.25, 0.3) is 0 Å². The molecule has 7 nitrogen and oxygen atoms in total. The summed E-state index contributed by atoms with van der Waals surface area (Å²) in [5.74, 6) is 2.02. The van der Waals surface area contributed by atoms with Gasteiger partial charge in [0.2, 0.25) is 0 Å². The van der Waals surface area contributed by atoms with Gasteiger partial charge in [-0.2, -0.15) is 0 Å². The molecule has 0 aliphatic rings. The van der Waals surface area contributed by atoms with Crippen molar-refractivity contribution in [1.82, 2.24) is 18.9 Å². The van der Waals surface area contributed by atoms with E-state index in [-0.39, 0.29) is 5.97 Å². The lowest BCUT2D eigenvalue weighted by Crippen LogP contribution is -2.07. The van der Waals surface area contributed by atoms with Crippen LogP contribution in [0.4, 0.5) is 0 Å². The molecular formula is C26H28N4O3. The number of benzene rings is 1. The first-order valence-corrected chi connectivity index (χ1v) is 11.7. The van der Waals surface area contributed by atoms with E-state index in [1.54, 1.807) is 6.26 Å². The maximum Gasteiger partial charge on any atom is 0.311 e. The van der Waals surface area contributed by atoms with Gasteiger partial charge in [-0.15, -0.1) is 0 Å². The van der Waals surface area contributed by atoms with Gasteiger partial charge in [0, 0.05) is 19.0 Å². The fourth-order valence-electron chi connectivity index (χ4n) is 4.24. The molecule has 0 fully saturated rings. The van der Waals surface area contributed by atoms with Gasteiger partial charge in [0.15, 0.2) is 11.4 Å². The Labute approximate surface area is 192 Å². The van der Waals surface area contributed by atoms with E-state index in [4.69, 9.17) is 19.1 Å². The van der Waals surface area contributed by atoms with E-state index in [9.17, 15) is 4.79 Å². The van der Waals surface area contributed by atoms with Crippen LogP contribution in [0, 0.1) is 0 Å². The van der Waals surface area contributed by atoms with Gasteiger partial charge in [-0.1, -0.05) is 38.8 Å². The number of rotatable bonds is 9. The Hall–Kier alpha value is -3.61. The van der Waals surface area contributed by atoms with Gasteiger partial charge in [-0.05, 0) is 37.1 Å². The zero-order valence-electron chi connectivity index (χ0n) is 19.1. The highest BCUT2D eigenvalue weighted by Crippen LogP contribution is 2.34. The number of hydrogen-bond donors (Lipinski definition) is 0. The number of nitrogens with zero attached hydrogens (tertiary/aromatic N) is 4. The van der Waals surface area contributed by atoms with E-state index >= 15 is 0 Å². The molecule has 170 valence electrons. The number of imidazole rings is 1. The molecule has 0 aliphatic carbocycles. The molecule has 0 saturated heterocycles. The van der Waals surface area contributed by atoms with Gasteiger partial charge >= 0.3 is 5.97 Å². The van der Waals surface area contributed by atoms with Crippen molar-refractivity contribution in [3.63, 3.8) is 0 Å². The third kappa shape index (κ3) is 3.99. The molecule has 1 aromatic carbocycles. The highest BCUT2D eigenvalue weighted by Gasteiger charge is 2.22. The number of unbranched alkanes of at least 4 members (excludes halogenated alkanes) is 2. The first-order valence-electron chi connectivity index (χ1n) is 11.7. The molecule has 7 heteroatoms. The van der Waals surface area contributed by atoms with E-state index in [1.807, 2.05) is 41.1 Å². The number of esters is 1. The number of hydrogen-bond acceptors (Lipinski definition) is 5. The molecule has 0 saturated carbocycles. The molecule has 5 aromatic rings. The van der Waals surface area contributed by atoms with E-state index in [0.29, 0.717) is 18.7 Å². The van der Waals surface area contributed by atoms with Crippen molar-refractivity contribution in [3.8, 4) is 5.75 Å². The maximum absolute atomic E-state index is 12.6. The third-order valence-corrected chi connectivity index (χ3v) is 5.91. The highest BCUT2D eigenvalue weighted by atomic mass is 16.5. The van der Waals surface area contributed by atoms with Gasteiger partial charge in [-0.3, -0.25) is 9.20 Å². The molecule has 0 amide bonds. The first kappa shape index (κ1) is 21.2. The Bertz CT molecular complexity index is 1410. The summed E-state index contributed by atoms with van der Waals surface area (Å²) in [5, 5.41) is 0.753. The SMILES string of the molecule is CCCCC(=O)Oc1cn(Cc2ccco2)c2nc(CCCC)n3c4ccccc4nc3c12. The average Bonchev–Trinajstić information content (AvgIpc) is 3.54. The smallest absolute Gasteiger partial charge is 0.311 e. The minimum absolute atomic E-state index is 0.238. The Balaban J connectivity index is 1.75. The molecule has 0 radical (unpaired) electrons. The minimum atomic E-state index is -0.238. The van der Waals surface area contributed by atoms with Crippen LogP contribution in [-0.4, -0.2) is 24.9 Å². The quantitative estimate of drug-likeness (QED) is 0.264. The highest BCUT2D eigenvalue weighted by molar-refractivity contribution is 6.01. The number of para-hydroxylation sites is 2. The number of carbonyl (C=O) groups is 1. The van der Waals surface area contributed by atoms with Crippen molar-refractivity contribution < 1.29 is 13.9 Å². The summed E-state index contributed by atoms with van der Waals surface area (Å²) in [6.45, 7) is 4.73. The Morgan fingerprint density at radius 2 is 1.88 bits per heavy atom. The Morgan fingerprint density at radius 1 is 1.03 bits per heavy atom. The Kier molecular flexibility index (Phi) is 5.86. The lowest BCUT2D eigenvalue weighted by atomic mass is 10.2. The molecule has 0 aliphatic heterocycles. The largest absolute Gasteiger partial charge is 0.467 e. The maximum atomic E-state index is 12.6. The summed E-state index contributed by atoms with van der Waals surface area (Å²) < 4.78 is 15.6. The van der Waals surface area contributed by atoms with E-state index in [2.05, 4.69) is 24.3 Å². The average molecular weight is 445 g/mol. The summed E-state index contributed by atoms with van der Waals surface area (Å²) in [4.78, 5) is 22.6. The van der Waals surface area contributed by atoms with Crippen LogP contribution in [0.25, 0.3) is 27.7 Å². The van der Waals surface area contributed by atoms with Crippen LogP contribution >= 0.6 is 0 Å². The van der Waals surface area contributed by atoms with Crippen molar-refractivity contribution in [2.45, 2.75) is 58.9 Å². The summed E-state index contributed by atoms with van der Waals surface area (Å²) in [5.41, 5.74) is 3.42. The molecule has 0 spiro atoms. The Morgan fingerprint density at radius 3 is 2.67 bits per heavy atom. The van der Waals surface area contributed by atoms with Crippen LogP contribution < -0.4 is 4.74 Å². The van der Waals surface area contributed by atoms with Crippen molar-refractivity contribution in [2.75, 3.05) is 0 Å². The van der Waals surface area contributed by atoms with E-state index < -0.39 is 0 Å². The van der Waals surface area contributed by atoms with Gasteiger partial charge in [-0.25, -0.2) is 9.97 Å². The van der Waals surface area contributed by atoms with Crippen LogP contribution in [0.15, 0.2) is 53.3 Å². The number of aryl methyl sites for hydroxylation is 1.